The third-order valence-electron chi connectivity index (χ3n) is 3.88. The smallest absolute Gasteiger partial charge is 0.213 e. The van der Waals surface area contributed by atoms with Gasteiger partial charge < -0.3 is 15.2 Å². The van der Waals surface area contributed by atoms with E-state index < -0.39 is 0 Å². The standard InChI is InChI=1S/C21H22N2O2.ClH/c1-2-24-20-10-8-17(12-19(20)13-22)18-9-11-21(23-14-18)25-15-16-6-4-3-5-7-16;/h3-12,14H,2,13,15,22H2,1H3;1H. The lowest BCUT2D eigenvalue weighted by molar-refractivity contribution is 0.294. The number of halogens is 1. The maximum Gasteiger partial charge on any atom is 0.213 e. The predicted octanol–water partition coefficient (Wildman–Crippen LogP) is 4.61. The van der Waals surface area contributed by atoms with Crippen LogP contribution in [0, 0.1) is 0 Å². The summed E-state index contributed by atoms with van der Waals surface area (Å²) in [4.78, 5) is 4.40. The number of pyridine rings is 1. The highest BCUT2D eigenvalue weighted by atomic mass is 35.5. The van der Waals surface area contributed by atoms with E-state index in [9.17, 15) is 0 Å². The number of ether oxygens (including phenoxy) is 2. The van der Waals surface area contributed by atoms with Crippen LogP contribution in [0.25, 0.3) is 11.1 Å². The van der Waals surface area contributed by atoms with Gasteiger partial charge in [0.2, 0.25) is 5.88 Å². The fourth-order valence-corrected chi connectivity index (χ4v) is 2.58. The molecule has 4 nitrogen and oxygen atoms in total. The first-order chi connectivity index (χ1) is 12.3. The van der Waals surface area contributed by atoms with Crippen molar-refractivity contribution in [3.05, 3.63) is 78.0 Å². The van der Waals surface area contributed by atoms with E-state index >= 15 is 0 Å². The SMILES string of the molecule is CCOc1ccc(-c2ccc(OCc3ccccc3)nc2)cc1CN.Cl. The summed E-state index contributed by atoms with van der Waals surface area (Å²) in [6.07, 6.45) is 1.82. The molecule has 5 heteroatoms. The minimum absolute atomic E-state index is 0. The van der Waals surface area contributed by atoms with Gasteiger partial charge in [-0.05, 0) is 36.2 Å². The van der Waals surface area contributed by atoms with Crippen molar-refractivity contribution in [1.29, 1.82) is 0 Å². The van der Waals surface area contributed by atoms with Crippen LogP contribution in [0.4, 0.5) is 0 Å². The Morgan fingerprint density at radius 1 is 0.923 bits per heavy atom. The third-order valence-corrected chi connectivity index (χ3v) is 3.88. The molecule has 0 unspecified atom stereocenters. The molecule has 0 fully saturated rings. The predicted molar refractivity (Wildman–Crippen MR) is 107 cm³/mol. The van der Waals surface area contributed by atoms with Crippen molar-refractivity contribution in [1.82, 2.24) is 4.98 Å². The van der Waals surface area contributed by atoms with Gasteiger partial charge in [-0.1, -0.05) is 36.4 Å². The highest BCUT2D eigenvalue weighted by Gasteiger charge is 2.06. The number of rotatable bonds is 7. The van der Waals surface area contributed by atoms with Crippen molar-refractivity contribution >= 4 is 12.4 Å². The summed E-state index contributed by atoms with van der Waals surface area (Å²) in [5.41, 5.74) is 10.0. The van der Waals surface area contributed by atoms with Crippen LogP contribution < -0.4 is 15.2 Å². The Morgan fingerprint density at radius 3 is 2.35 bits per heavy atom. The van der Waals surface area contributed by atoms with Gasteiger partial charge in [-0.2, -0.15) is 0 Å². The molecule has 0 amide bonds. The largest absolute Gasteiger partial charge is 0.494 e. The first-order valence-electron chi connectivity index (χ1n) is 8.39. The van der Waals surface area contributed by atoms with Crippen molar-refractivity contribution in [2.75, 3.05) is 6.61 Å². The summed E-state index contributed by atoms with van der Waals surface area (Å²) in [7, 11) is 0. The van der Waals surface area contributed by atoms with Gasteiger partial charge in [0.25, 0.3) is 0 Å². The normalized spacial score (nSPS) is 10.1. The molecule has 0 bridgehead atoms. The lowest BCUT2D eigenvalue weighted by atomic mass is 10.0. The second-order valence-corrected chi connectivity index (χ2v) is 5.62. The summed E-state index contributed by atoms with van der Waals surface area (Å²) in [5, 5.41) is 0. The minimum Gasteiger partial charge on any atom is -0.494 e. The van der Waals surface area contributed by atoms with Crippen LogP contribution in [0.2, 0.25) is 0 Å². The Hall–Kier alpha value is -2.56. The Bertz CT molecular complexity index is 808. The first kappa shape index (κ1) is 19.8. The molecule has 3 rings (SSSR count). The van der Waals surface area contributed by atoms with Gasteiger partial charge in [0.05, 0.1) is 6.61 Å². The molecule has 0 aliphatic carbocycles. The van der Waals surface area contributed by atoms with E-state index in [0.29, 0.717) is 25.6 Å². The first-order valence-corrected chi connectivity index (χ1v) is 8.39. The maximum atomic E-state index is 5.83. The quantitative estimate of drug-likeness (QED) is 0.660. The second kappa shape index (κ2) is 9.80. The van der Waals surface area contributed by atoms with Crippen LogP contribution in [0.1, 0.15) is 18.1 Å². The van der Waals surface area contributed by atoms with Gasteiger partial charge in [-0.3, -0.25) is 0 Å². The van der Waals surface area contributed by atoms with Gasteiger partial charge in [-0.25, -0.2) is 4.98 Å². The van der Waals surface area contributed by atoms with Crippen LogP contribution in [-0.2, 0) is 13.2 Å². The van der Waals surface area contributed by atoms with Crippen molar-refractivity contribution in [2.24, 2.45) is 5.73 Å². The summed E-state index contributed by atoms with van der Waals surface area (Å²) < 4.78 is 11.3. The Labute approximate surface area is 160 Å². The molecule has 0 radical (unpaired) electrons. The van der Waals surface area contributed by atoms with Crippen LogP contribution in [-0.4, -0.2) is 11.6 Å². The second-order valence-electron chi connectivity index (χ2n) is 5.62. The Balaban J connectivity index is 0.00000243. The van der Waals surface area contributed by atoms with Crippen LogP contribution >= 0.6 is 12.4 Å². The van der Waals surface area contributed by atoms with Gasteiger partial charge in [0.1, 0.15) is 12.4 Å². The van der Waals surface area contributed by atoms with Crippen LogP contribution in [0.3, 0.4) is 0 Å². The highest BCUT2D eigenvalue weighted by molar-refractivity contribution is 5.85. The van der Waals surface area contributed by atoms with E-state index in [1.54, 1.807) is 0 Å². The molecule has 0 atom stereocenters. The number of nitrogens with zero attached hydrogens (tertiary/aromatic N) is 1. The number of aromatic nitrogens is 1. The zero-order valence-electron chi connectivity index (χ0n) is 14.7. The van der Waals surface area contributed by atoms with E-state index in [2.05, 4.69) is 4.98 Å². The molecule has 1 aromatic heterocycles. The van der Waals surface area contributed by atoms with Crippen molar-refractivity contribution in [3.63, 3.8) is 0 Å². The van der Waals surface area contributed by atoms with Crippen LogP contribution in [0.5, 0.6) is 11.6 Å². The maximum absolute atomic E-state index is 5.83. The van der Waals surface area contributed by atoms with Crippen molar-refractivity contribution in [3.8, 4) is 22.8 Å². The molecule has 26 heavy (non-hydrogen) atoms. The molecule has 0 spiro atoms. The van der Waals surface area contributed by atoms with E-state index in [0.717, 1.165) is 28.0 Å². The van der Waals surface area contributed by atoms with Gasteiger partial charge in [0, 0.05) is 29.9 Å². The van der Waals surface area contributed by atoms with Crippen LogP contribution in [0.15, 0.2) is 66.9 Å². The number of hydrogen-bond acceptors (Lipinski definition) is 4. The van der Waals surface area contributed by atoms with Crippen molar-refractivity contribution < 1.29 is 9.47 Å². The zero-order chi connectivity index (χ0) is 17.5. The molecule has 0 saturated heterocycles. The monoisotopic (exact) mass is 370 g/mol. The lowest BCUT2D eigenvalue weighted by Crippen LogP contribution is -2.02. The Morgan fingerprint density at radius 2 is 1.69 bits per heavy atom. The van der Waals surface area contributed by atoms with Crippen molar-refractivity contribution in [2.45, 2.75) is 20.1 Å². The lowest BCUT2D eigenvalue weighted by Gasteiger charge is -2.11. The summed E-state index contributed by atoms with van der Waals surface area (Å²) in [5.74, 6) is 1.45. The summed E-state index contributed by atoms with van der Waals surface area (Å²) in [6.45, 7) is 3.54. The average molecular weight is 371 g/mol. The average Bonchev–Trinajstić information content (AvgIpc) is 2.68. The summed E-state index contributed by atoms with van der Waals surface area (Å²) >= 11 is 0. The molecule has 0 aliphatic rings. The number of benzene rings is 2. The van der Waals surface area contributed by atoms with Gasteiger partial charge >= 0.3 is 0 Å². The Kier molecular flexibility index (Phi) is 7.45. The fourth-order valence-electron chi connectivity index (χ4n) is 2.58. The van der Waals surface area contributed by atoms with E-state index in [4.69, 9.17) is 15.2 Å². The van der Waals surface area contributed by atoms with Gasteiger partial charge in [-0.15, -0.1) is 12.4 Å². The molecule has 0 aliphatic heterocycles. The van der Waals surface area contributed by atoms with Gasteiger partial charge in [0.15, 0.2) is 0 Å². The topological polar surface area (TPSA) is 57.4 Å². The molecule has 2 aromatic carbocycles. The molecule has 2 N–H and O–H groups in total. The van der Waals surface area contributed by atoms with E-state index in [1.165, 1.54) is 0 Å². The summed E-state index contributed by atoms with van der Waals surface area (Å²) in [6, 6.07) is 20.0. The minimum atomic E-state index is 0. The molecule has 1 heterocycles. The van der Waals surface area contributed by atoms with E-state index in [-0.39, 0.29) is 12.4 Å². The highest BCUT2D eigenvalue weighted by Crippen LogP contribution is 2.27. The third kappa shape index (κ3) is 4.97. The molecule has 3 aromatic rings. The number of hydrogen-bond donors (Lipinski definition) is 1. The molecular formula is C21H23ClN2O2. The number of nitrogens with two attached hydrogens (primary N) is 1. The molecule has 0 saturated carbocycles. The zero-order valence-corrected chi connectivity index (χ0v) is 15.5. The molecule has 136 valence electrons. The fraction of sp³-hybridized carbons (Fsp3) is 0.190. The molecular weight excluding hydrogens is 348 g/mol. The van der Waals surface area contributed by atoms with E-state index in [1.807, 2.05) is 73.8 Å².